The highest BCUT2D eigenvalue weighted by Gasteiger charge is 2.45. The number of nitriles is 1. The molecular weight excluding hydrogens is 202 g/mol. The number of pyridine rings is 1. The third-order valence-corrected chi connectivity index (χ3v) is 3.44. The first-order valence-corrected chi connectivity index (χ1v) is 5.61. The average Bonchev–Trinajstić information content (AvgIpc) is 2.37. The molecule has 4 nitrogen and oxygen atoms in total. The Balaban J connectivity index is 1.72. The summed E-state index contributed by atoms with van der Waals surface area (Å²) in [5, 5.41) is 12.1. The second-order valence-corrected chi connectivity index (χ2v) is 4.47. The fraction of sp³-hybridized carbons (Fsp3) is 0.500. The van der Waals surface area contributed by atoms with Crippen LogP contribution in [0.25, 0.3) is 0 Å². The van der Waals surface area contributed by atoms with E-state index in [9.17, 15) is 0 Å². The smallest absolute Gasteiger partial charge is 0.214 e. The van der Waals surface area contributed by atoms with E-state index in [1.807, 2.05) is 18.2 Å². The van der Waals surface area contributed by atoms with Crippen molar-refractivity contribution in [2.45, 2.75) is 12.5 Å². The maximum absolute atomic E-state index is 8.75. The van der Waals surface area contributed by atoms with Gasteiger partial charge in [-0.3, -0.25) is 0 Å². The van der Waals surface area contributed by atoms with Crippen molar-refractivity contribution >= 4 is 0 Å². The molecule has 1 saturated heterocycles. The Bertz CT molecular complexity index is 426. The highest BCUT2D eigenvalue weighted by Crippen LogP contribution is 2.39. The molecule has 0 radical (unpaired) electrons. The number of ether oxygens (including phenoxy) is 1. The van der Waals surface area contributed by atoms with Crippen LogP contribution in [-0.4, -0.2) is 24.2 Å². The third-order valence-electron chi connectivity index (χ3n) is 3.44. The number of rotatable bonds is 2. The molecule has 4 heteroatoms. The van der Waals surface area contributed by atoms with Crippen molar-refractivity contribution in [1.82, 2.24) is 10.3 Å². The lowest BCUT2D eigenvalue weighted by molar-refractivity contribution is -0.0470. The molecule has 1 N–H and O–H groups in total. The quantitative estimate of drug-likeness (QED) is 0.797. The molecule has 16 heavy (non-hydrogen) atoms. The van der Waals surface area contributed by atoms with Gasteiger partial charge in [-0.25, -0.2) is 4.98 Å². The van der Waals surface area contributed by atoms with Crippen LogP contribution in [0.2, 0.25) is 0 Å². The second kappa shape index (κ2) is 3.76. The summed E-state index contributed by atoms with van der Waals surface area (Å²) in [7, 11) is 0. The number of nitrogens with zero attached hydrogens (tertiary/aromatic N) is 2. The average molecular weight is 215 g/mol. The third kappa shape index (κ3) is 1.54. The molecule has 2 fully saturated rings. The molecule has 2 heterocycles. The molecule has 3 atom stereocenters. The Morgan fingerprint density at radius 1 is 1.38 bits per heavy atom. The lowest BCUT2D eigenvalue weighted by Crippen LogP contribution is -2.59. The summed E-state index contributed by atoms with van der Waals surface area (Å²) in [6.45, 7) is 2.08. The summed E-state index contributed by atoms with van der Waals surface area (Å²) in [6, 6.07) is 7.35. The van der Waals surface area contributed by atoms with Crippen molar-refractivity contribution in [3.05, 3.63) is 23.9 Å². The van der Waals surface area contributed by atoms with Gasteiger partial charge in [0.15, 0.2) is 0 Å². The van der Waals surface area contributed by atoms with Gasteiger partial charge in [0.1, 0.15) is 17.9 Å². The van der Waals surface area contributed by atoms with E-state index in [0.717, 1.165) is 13.1 Å². The van der Waals surface area contributed by atoms with E-state index in [-0.39, 0.29) is 0 Å². The Kier molecular flexibility index (Phi) is 2.26. The van der Waals surface area contributed by atoms with Gasteiger partial charge < -0.3 is 10.1 Å². The first-order chi connectivity index (χ1) is 7.86. The summed E-state index contributed by atoms with van der Waals surface area (Å²) >= 11 is 0. The van der Waals surface area contributed by atoms with E-state index in [0.29, 0.717) is 29.5 Å². The molecule has 82 valence electrons. The SMILES string of the molecule is N#Cc1cccc(OC2[C@@H]3CNC[C@H]2C3)n1. The van der Waals surface area contributed by atoms with E-state index in [4.69, 9.17) is 10.00 Å². The van der Waals surface area contributed by atoms with Gasteiger partial charge in [-0.1, -0.05) is 6.07 Å². The molecule has 3 rings (SSSR count). The summed E-state index contributed by atoms with van der Waals surface area (Å²) < 4.78 is 5.86. The van der Waals surface area contributed by atoms with Crippen molar-refractivity contribution in [3.8, 4) is 11.9 Å². The molecular formula is C12H13N3O. The van der Waals surface area contributed by atoms with Gasteiger partial charge in [0.05, 0.1) is 0 Å². The van der Waals surface area contributed by atoms with Crippen LogP contribution in [0, 0.1) is 23.2 Å². The van der Waals surface area contributed by atoms with Crippen molar-refractivity contribution in [2.24, 2.45) is 11.8 Å². The van der Waals surface area contributed by atoms with Gasteiger partial charge in [-0.2, -0.15) is 5.26 Å². The zero-order valence-electron chi connectivity index (χ0n) is 8.89. The molecule has 2 bridgehead atoms. The van der Waals surface area contributed by atoms with Crippen LogP contribution in [-0.2, 0) is 0 Å². The normalized spacial score (nSPS) is 31.3. The Morgan fingerprint density at radius 3 is 2.88 bits per heavy atom. The molecule has 0 aromatic carbocycles. The molecule has 0 spiro atoms. The molecule has 1 saturated carbocycles. The molecule has 1 unspecified atom stereocenters. The van der Waals surface area contributed by atoms with E-state index in [1.54, 1.807) is 6.07 Å². The van der Waals surface area contributed by atoms with Crippen LogP contribution in [0.3, 0.4) is 0 Å². The number of hydrogen-bond acceptors (Lipinski definition) is 4. The monoisotopic (exact) mass is 215 g/mol. The first kappa shape index (κ1) is 9.61. The summed E-state index contributed by atoms with van der Waals surface area (Å²) in [5.74, 6) is 1.82. The standard InChI is InChI=1S/C12H13N3O/c13-5-10-2-1-3-11(15-10)16-12-8-4-9(12)7-14-6-8/h1-3,8-9,12,14H,4,6-7H2/t8-,9+,12?. The first-order valence-electron chi connectivity index (χ1n) is 5.61. The largest absolute Gasteiger partial charge is 0.474 e. The van der Waals surface area contributed by atoms with E-state index in [1.165, 1.54) is 6.42 Å². The molecule has 1 aromatic heterocycles. The number of fused-ring (bicyclic) bond motifs is 2. The minimum atomic E-state index is 0.294. The molecule has 1 aliphatic heterocycles. The summed E-state index contributed by atoms with van der Waals surface area (Å²) in [6.07, 6.45) is 1.55. The molecule has 0 amide bonds. The zero-order valence-corrected chi connectivity index (χ0v) is 8.89. The van der Waals surface area contributed by atoms with Crippen LogP contribution in [0.15, 0.2) is 18.2 Å². The van der Waals surface area contributed by atoms with Gasteiger partial charge in [0, 0.05) is 31.0 Å². The lowest BCUT2D eigenvalue weighted by atomic mass is 9.69. The van der Waals surface area contributed by atoms with Crippen molar-refractivity contribution < 1.29 is 4.74 Å². The molecule has 1 aromatic rings. The predicted molar refractivity (Wildman–Crippen MR) is 57.8 cm³/mol. The second-order valence-electron chi connectivity index (χ2n) is 4.47. The van der Waals surface area contributed by atoms with Crippen LogP contribution in [0.1, 0.15) is 12.1 Å². The van der Waals surface area contributed by atoms with Crippen LogP contribution >= 0.6 is 0 Å². The lowest BCUT2D eigenvalue weighted by Gasteiger charge is -2.48. The van der Waals surface area contributed by atoms with Crippen LogP contribution < -0.4 is 10.1 Å². The number of aromatic nitrogens is 1. The minimum absolute atomic E-state index is 0.294. The van der Waals surface area contributed by atoms with Gasteiger partial charge in [0.2, 0.25) is 5.88 Å². The van der Waals surface area contributed by atoms with Crippen LogP contribution in [0.4, 0.5) is 0 Å². The minimum Gasteiger partial charge on any atom is -0.474 e. The topological polar surface area (TPSA) is 57.9 Å². The Hall–Kier alpha value is -1.60. The Morgan fingerprint density at radius 2 is 2.19 bits per heavy atom. The fourth-order valence-corrected chi connectivity index (χ4v) is 2.57. The van der Waals surface area contributed by atoms with Crippen LogP contribution in [0.5, 0.6) is 5.88 Å². The van der Waals surface area contributed by atoms with Gasteiger partial charge in [0.25, 0.3) is 0 Å². The summed E-state index contributed by atoms with van der Waals surface area (Å²) in [4.78, 5) is 4.14. The van der Waals surface area contributed by atoms with Crippen molar-refractivity contribution in [1.29, 1.82) is 5.26 Å². The van der Waals surface area contributed by atoms with Gasteiger partial charge >= 0.3 is 0 Å². The van der Waals surface area contributed by atoms with Crippen molar-refractivity contribution in [3.63, 3.8) is 0 Å². The maximum Gasteiger partial charge on any atom is 0.214 e. The predicted octanol–water partition coefficient (Wildman–Crippen LogP) is 0.940. The van der Waals surface area contributed by atoms with E-state index in [2.05, 4.69) is 10.3 Å². The zero-order chi connectivity index (χ0) is 11.0. The Labute approximate surface area is 94.2 Å². The number of nitrogens with one attached hydrogen (secondary N) is 1. The van der Waals surface area contributed by atoms with Gasteiger partial charge in [-0.15, -0.1) is 0 Å². The fourth-order valence-electron chi connectivity index (χ4n) is 2.57. The van der Waals surface area contributed by atoms with E-state index < -0.39 is 0 Å². The number of hydrogen-bond donors (Lipinski definition) is 1. The highest BCUT2D eigenvalue weighted by molar-refractivity contribution is 5.25. The molecule has 2 aliphatic rings. The number of piperidine rings is 2. The summed E-state index contributed by atoms with van der Waals surface area (Å²) in [5.41, 5.74) is 0.417. The maximum atomic E-state index is 8.75. The van der Waals surface area contributed by atoms with E-state index >= 15 is 0 Å². The van der Waals surface area contributed by atoms with Crippen molar-refractivity contribution in [2.75, 3.05) is 13.1 Å². The highest BCUT2D eigenvalue weighted by atomic mass is 16.5. The van der Waals surface area contributed by atoms with Gasteiger partial charge in [-0.05, 0) is 12.5 Å². The molecule has 1 aliphatic carbocycles.